The highest BCUT2D eigenvalue weighted by molar-refractivity contribution is 5.89. The highest BCUT2D eigenvalue weighted by Gasteiger charge is 2.25. The molecule has 7 nitrogen and oxygen atoms in total. The molecule has 1 aromatic heterocycles. The third kappa shape index (κ3) is 7.24. The number of hydrogen-bond acceptors (Lipinski definition) is 5. The summed E-state index contributed by atoms with van der Waals surface area (Å²) in [5, 5.41) is 15.2. The van der Waals surface area contributed by atoms with Crippen LogP contribution in [0.15, 0.2) is 54.7 Å². The molecule has 0 aliphatic heterocycles. The lowest BCUT2D eigenvalue weighted by molar-refractivity contribution is -0.134. The summed E-state index contributed by atoms with van der Waals surface area (Å²) in [4.78, 5) is 29.3. The Labute approximate surface area is 198 Å². The lowest BCUT2D eigenvalue weighted by atomic mass is 10.0. The first-order valence-electron chi connectivity index (χ1n) is 10.5. The maximum absolute atomic E-state index is 13.6. The van der Waals surface area contributed by atoms with Gasteiger partial charge >= 0.3 is 0 Å². The molecule has 5 N–H and O–H groups in total. The van der Waals surface area contributed by atoms with Crippen molar-refractivity contribution in [2.45, 2.75) is 31.5 Å². The van der Waals surface area contributed by atoms with Crippen molar-refractivity contribution in [3.63, 3.8) is 0 Å². The van der Waals surface area contributed by atoms with Crippen molar-refractivity contribution in [2.24, 2.45) is 0 Å². The minimum atomic E-state index is -1.69. The van der Waals surface area contributed by atoms with E-state index in [4.69, 9.17) is 5.73 Å². The van der Waals surface area contributed by atoms with Gasteiger partial charge in [0, 0.05) is 25.6 Å². The van der Waals surface area contributed by atoms with Crippen molar-refractivity contribution in [1.82, 2.24) is 15.6 Å². The number of aromatic nitrogens is 1. The maximum atomic E-state index is 13.6. The first kappa shape index (κ1) is 25.6. The summed E-state index contributed by atoms with van der Waals surface area (Å²) in [7, 11) is 0. The number of nitrogens with one attached hydrogen (secondary N) is 2. The van der Waals surface area contributed by atoms with Crippen LogP contribution in [0.5, 0.6) is 0 Å². The predicted molar refractivity (Wildman–Crippen MR) is 119 cm³/mol. The van der Waals surface area contributed by atoms with E-state index in [1.54, 1.807) is 6.07 Å². The van der Waals surface area contributed by atoms with E-state index in [1.807, 2.05) is 0 Å². The van der Waals surface area contributed by atoms with Crippen molar-refractivity contribution in [2.75, 3.05) is 5.73 Å². The smallest absolute Gasteiger partial charge is 0.249 e. The molecule has 0 aliphatic rings. The molecule has 3 rings (SSSR count). The molecule has 3 aromatic rings. The Morgan fingerprint density at radius 3 is 1.94 bits per heavy atom. The zero-order chi connectivity index (χ0) is 25.5. The van der Waals surface area contributed by atoms with Gasteiger partial charge in [-0.1, -0.05) is 18.2 Å². The van der Waals surface area contributed by atoms with Gasteiger partial charge in [0.1, 0.15) is 18.0 Å². The van der Waals surface area contributed by atoms with E-state index in [0.29, 0.717) is 11.4 Å². The molecule has 0 unspecified atom stereocenters. The van der Waals surface area contributed by atoms with Gasteiger partial charge in [0.2, 0.25) is 11.8 Å². The molecule has 0 radical (unpaired) electrons. The summed E-state index contributed by atoms with van der Waals surface area (Å²) in [6.45, 7) is 0.0354. The number of aliphatic hydroxyl groups excluding tert-OH is 1. The molecular formula is C24H22F4N4O3. The summed E-state index contributed by atoms with van der Waals surface area (Å²) in [5.41, 5.74) is 6.51. The molecule has 0 aliphatic carbocycles. The van der Waals surface area contributed by atoms with Crippen LogP contribution in [0.1, 0.15) is 16.7 Å². The molecular weight excluding hydrogens is 468 g/mol. The van der Waals surface area contributed by atoms with Crippen molar-refractivity contribution in [1.29, 1.82) is 0 Å². The molecule has 0 saturated carbocycles. The molecule has 2 aromatic carbocycles. The summed E-state index contributed by atoms with van der Waals surface area (Å²) >= 11 is 0. The number of amides is 2. The topological polar surface area (TPSA) is 117 Å². The van der Waals surface area contributed by atoms with Gasteiger partial charge in [-0.25, -0.2) is 22.5 Å². The normalized spacial score (nSPS) is 12.6. The number of rotatable bonds is 9. The highest BCUT2D eigenvalue weighted by Crippen LogP contribution is 2.13. The van der Waals surface area contributed by atoms with Crippen LogP contribution < -0.4 is 16.4 Å². The Bertz CT molecular complexity index is 1210. The summed E-state index contributed by atoms with van der Waals surface area (Å²) in [5.74, 6) is -5.75. The van der Waals surface area contributed by atoms with Crippen LogP contribution in [0, 0.1) is 23.3 Å². The molecule has 11 heteroatoms. The van der Waals surface area contributed by atoms with Gasteiger partial charge < -0.3 is 21.5 Å². The van der Waals surface area contributed by atoms with E-state index in [-0.39, 0.29) is 30.5 Å². The lowest BCUT2D eigenvalue weighted by Crippen LogP contribution is -2.51. The van der Waals surface area contributed by atoms with Gasteiger partial charge in [-0.15, -0.1) is 0 Å². The average Bonchev–Trinajstić information content (AvgIpc) is 2.82. The number of nitrogens with zero attached hydrogens (tertiary/aromatic N) is 1. The van der Waals surface area contributed by atoms with Crippen LogP contribution in [-0.4, -0.2) is 34.1 Å². The third-order valence-electron chi connectivity index (χ3n) is 5.09. The van der Waals surface area contributed by atoms with E-state index in [9.17, 15) is 32.3 Å². The Morgan fingerprint density at radius 1 is 0.829 bits per heavy atom. The second-order valence-corrected chi connectivity index (χ2v) is 7.79. The van der Waals surface area contributed by atoms with Crippen LogP contribution in [0.25, 0.3) is 0 Å². The van der Waals surface area contributed by atoms with E-state index < -0.39 is 47.2 Å². The van der Waals surface area contributed by atoms with Crippen LogP contribution in [0.3, 0.4) is 0 Å². The Balaban J connectivity index is 1.71. The van der Waals surface area contributed by atoms with Crippen LogP contribution in [0.4, 0.5) is 23.4 Å². The van der Waals surface area contributed by atoms with E-state index in [0.717, 1.165) is 24.3 Å². The predicted octanol–water partition coefficient (Wildman–Crippen LogP) is 2.17. The van der Waals surface area contributed by atoms with Crippen LogP contribution in [-0.2, 0) is 29.0 Å². The Kier molecular flexibility index (Phi) is 8.37. The first-order chi connectivity index (χ1) is 16.6. The monoisotopic (exact) mass is 490 g/mol. The standard InChI is InChI=1S/C24H22F4N4O3/c25-16-4-1-13(7-18(16)27)9-20(23(34)31-12-15-3-6-22(29)30-11-15)32-24(35)21(33)10-14-2-5-17(26)19(28)8-14/h1-8,11,20-21,33H,9-10,12H2,(H2,29,30)(H,31,34)(H,32,35)/t20-,21+/m0/s1. The van der Waals surface area contributed by atoms with Gasteiger partial charge in [-0.2, -0.15) is 0 Å². The second kappa shape index (κ2) is 11.4. The van der Waals surface area contributed by atoms with Crippen molar-refractivity contribution >= 4 is 17.6 Å². The molecule has 35 heavy (non-hydrogen) atoms. The summed E-state index contributed by atoms with van der Waals surface area (Å²) < 4.78 is 53.5. The largest absolute Gasteiger partial charge is 0.384 e. The number of carbonyl (C=O) groups excluding carboxylic acids is 2. The fraction of sp³-hybridized carbons (Fsp3) is 0.208. The fourth-order valence-electron chi connectivity index (χ4n) is 3.21. The quantitative estimate of drug-likeness (QED) is 0.343. The Hall–Kier alpha value is -3.99. The lowest BCUT2D eigenvalue weighted by Gasteiger charge is -2.21. The number of hydrogen-bond donors (Lipinski definition) is 4. The molecule has 0 spiro atoms. The number of anilines is 1. The van der Waals surface area contributed by atoms with E-state index in [2.05, 4.69) is 15.6 Å². The van der Waals surface area contributed by atoms with Crippen LogP contribution >= 0.6 is 0 Å². The molecule has 0 fully saturated rings. The first-order valence-corrected chi connectivity index (χ1v) is 10.5. The SMILES string of the molecule is Nc1ccc(CNC(=O)[C@H](Cc2ccc(F)c(F)c2)NC(=O)[C@H](O)Cc2ccc(F)c(F)c2)cn1. The number of benzene rings is 2. The Morgan fingerprint density at radius 2 is 1.40 bits per heavy atom. The summed E-state index contributed by atoms with van der Waals surface area (Å²) in [6.07, 6.45) is -0.808. The molecule has 0 saturated heterocycles. The molecule has 2 atom stereocenters. The van der Waals surface area contributed by atoms with Gasteiger partial charge in [0.25, 0.3) is 0 Å². The van der Waals surface area contributed by atoms with Gasteiger partial charge in [-0.05, 0) is 47.0 Å². The number of carbonyl (C=O) groups is 2. The second-order valence-electron chi connectivity index (χ2n) is 7.79. The number of pyridine rings is 1. The molecule has 1 heterocycles. The highest BCUT2D eigenvalue weighted by atomic mass is 19.2. The minimum Gasteiger partial charge on any atom is -0.384 e. The number of nitrogen functional groups attached to an aromatic ring is 1. The minimum absolute atomic E-state index is 0.0354. The number of nitrogens with two attached hydrogens (primary N) is 1. The zero-order valence-corrected chi connectivity index (χ0v) is 18.3. The summed E-state index contributed by atoms with van der Waals surface area (Å²) in [6, 6.07) is 7.86. The van der Waals surface area contributed by atoms with Gasteiger partial charge in [0.05, 0.1) is 0 Å². The average molecular weight is 490 g/mol. The van der Waals surface area contributed by atoms with Gasteiger partial charge in [0.15, 0.2) is 23.3 Å². The molecule has 184 valence electrons. The number of halogens is 4. The fourth-order valence-corrected chi connectivity index (χ4v) is 3.21. The molecule has 2 amide bonds. The maximum Gasteiger partial charge on any atom is 0.249 e. The van der Waals surface area contributed by atoms with E-state index in [1.165, 1.54) is 24.4 Å². The van der Waals surface area contributed by atoms with Crippen molar-refractivity contribution < 1.29 is 32.3 Å². The third-order valence-corrected chi connectivity index (χ3v) is 5.09. The van der Waals surface area contributed by atoms with Crippen molar-refractivity contribution in [3.05, 3.63) is 94.7 Å². The number of aliphatic hydroxyl groups is 1. The molecule has 0 bridgehead atoms. The van der Waals surface area contributed by atoms with Crippen molar-refractivity contribution in [3.8, 4) is 0 Å². The zero-order valence-electron chi connectivity index (χ0n) is 18.3. The van der Waals surface area contributed by atoms with Gasteiger partial charge in [-0.3, -0.25) is 9.59 Å². The van der Waals surface area contributed by atoms with Crippen LogP contribution in [0.2, 0.25) is 0 Å². The van der Waals surface area contributed by atoms with E-state index >= 15 is 0 Å².